The average molecular weight is 253 g/mol. The van der Waals surface area contributed by atoms with Gasteiger partial charge in [-0.2, -0.15) is 0 Å². The van der Waals surface area contributed by atoms with Gasteiger partial charge in [-0.1, -0.05) is 6.07 Å². The van der Waals surface area contributed by atoms with Gasteiger partial charge in [-0.15, -0.1) is 0 Å². The van der Waals surface area contributed by atoms with Crippen molar-refractivity contribution in [2.75, 3.05) is 18.0 Å². The summed E-state index contributed by atoms with van der Waals surface area (Å²) in [5, 5.41) is 9.05. The molecular formula is C12H16FN3O2. The molecule has 1 aromatic carbocycles. The van der Waals surface area contributed by atoms with Crippen LogP contribution in [-0.2, 0) is 11.3 Å². The number of halogens is 1. The normalized spacial score (nSPS) is 20.2. The highest BCUT2D eigenvalue weighted by molar-refractivity contribution is 5.73. The third kappa shape index (κ3) is 2.24. The van der Waals surface area contributed by atoms with Crippen molar-refractivity contribution in [3.8, 4) is 0 Å². The third-order valence-electron chi connectivity index (χ3n) is 3.32. The largest absolute Gasteiger partial charge is 0.480 e. The SMILES string of the molecule is Nc1ccc(CN2CCC[C@@H]2C(=O)O)c(F)c1N. The molecule has 6 heteroatoms. The Balaban J connectivity index is 2.19. The fraction of sp³-hybridized carbons (Fsp3) is 0.417. The summed E-state index contributed by atoms with van der Waals surface area (Å²) in [6.45, 7) is 0.897. The van der Waals surface area contributed by atoms with E-state index in [4.69, 9.17) is 16.6 Å². The standard InChI is InChI=1S/C12H16FN3O2/c13-10-7(3-4-8(14)11(10)15)6-16-5-1-2-9(16)12(17)18/h3-4,9H,1-2,5-6,14-15H2,(H,17,18)/t9-/m1/s1. The summed E-state index contributed by atoms with van der Waals surface area (Å²) in [6.07, 6.45) is 1.41. The van der Waals surface area contributed by atoms with Crippen LogP contribution in [0.5, 0.6) is 0 Å². The van der Waals surface area contributed by atoms with E-state index in [9.17, 15) is 9.18 Å². The highest BCUT2D eigenvalue weighted by Crippen LogP contribution is 2.26. The minimum absolute atomic E-state index is 0.0708. The molecule has 18 heavy (non-hydrogen) atoms. The lowest BCUT2D eigenvalue weighted by molar-refractivity contribution is -0.142. The maximum absolute atomic E-state index is 13.9. The summed E-state index contributed by atoms with van der Waals surface area (Å²) in [5.74, 6) is -1.41. The first-order valence-corrected chi connectivity index (χ1v) is 5.80. The van der Waals surface area contributed by atoms with Crippen LogP contribution in [-0.4, -0.2) is 28.6 Å². The number of hydrogen-bond donors (Lipinski definition) is 3. The van der Waals surface area contributed by atoms with Gasteiger partial charge in [-0.05, 0) is 25.5 Å². The summed E-state index contributed by atoms with van der Waals surface area (Å²) < 4.78 is 13.9. The van der Waals surface area contributed by atoms with Gasteiger partial charge < -0.3 is 16.6 Å². The van der Waals surface area contributed by atoms with E-state index in [0.29, 0.717) is 18.5 Å². The van der Waals surface area contributed by atoms with Crippen LogP contribution in [0.3, 0.4) is 0 Å². The Kier molecular flexibility index (Phi) is 3.38. The number of carboxylic acid groups (broad SMARTS) is 1. The fourth-order valence-electron chi connectivity index (χ4n) is 2.29. The quantitative estimate of drug-likeness (QED) is 0.700. The molecule has 5 nitrogen and oxygen atoms in total. The van der Waals surface area contributed by atoms with Gasteiger partial charge in [-0.3, -0.25) is 9.69 Å². The average Bonchev–Trinajstić information content (AvgIpc) is 2.78. The molecule has 0 radical (unpaired) electrons. The first-order chi connectivity index (χ1) is 8.50. The van der Waals surface area contributed by atoms with Gasteiger partial charge in [0.05, 0.1) is 11.4 Å². The van der Waals surface area contributed by atoms with Crippen LogP contribution in [0, 0.1) is 5.82 Å². The molecule has 1 fully saturated rings. The molecule has 0 saturated carbocycles. The van der Waals surface area contributed by atoms with Crippen LogP contribution in [0.15, 0.2) is 12.1 Å². The second-order valence-electron chi connectivity index (χ2n) is 4.51. The summed E-state index contributed by atoms with van der Waals surface area (Å²) in [5.41, 5.74) is 11.5. The van der Waals surface area contributed by atoms with Crippen LogP contribution < -0.4 is 11.5 Å². The van der Waals surface area contributed by atoms with E-state index >= 15 is 0 Å². The van der Waals surface area contributed by atoms with Crippen molar-refractivity contribution in [2.24, 2.45) is 0 Å². The number of hydrogen-bond acceptors (Lipinski definition) is 4. The first-order valence-electron chi connectivity index (χ1n) is 5.80. The lowest BCUT2D eigenvalue weighted by atomic mass is 10.1. The molecule has 1 heterocycles. The van der Waals surface area contributed by atoms with Gasteiger partial charge in [-0.25, -0.2) is 4.39 Å². The maximum Gasteiger partial charge on any atom is 0.320 e. The molecule has 0 aromatic heterocycles. The Morgan fingerprint density at radius 2 is 2.22 bits per heavy atom. The monoisotopic (exact) mass is 253 g/mol. The smallest absolute Gasteiger partial charge is 0.320 e. The third-order valence-corrected chi connectivity index (χ3v) is 3.32. The summed E-state index contributed by atoms with van der Waals surface area (Å²) in [7, 11) is 0. The number of nitrogen functional groups attached to an aromatic ring is 2. The van der Waals surface area contributed by atoms with Gasteiger partial charge >= 0.3 is 5.97 Å². The van der Waals surface area contributed by atoms with Gasteiger partial charge in [0.2, 0.25) is 0 Å². The van der Waals surface area contributed by atoms with Crippen LogP contribution in [0.4, 0.5) is 15.8 Å². The van der Waals surface area contributed by atoms with Crippen molar-refractivity contribution in [3.05, 3.63) is 23.5 Å². The topological polar surface area (TPSA) is 92.6 Å². The second-order valence-corrected chi connectivity index (χ2v) is 4.51. The number of aliphatic carboxylic acids is 1. The van der Waals surface area contributed by atoms with Crippen molar-refractivity contribution in [1.29, 1.82) is 0 Å². The molecular weight excluding hydrogens is 237 g/mol. The highest BCUT2D eigenvalue weighted by atomic mass is 19.1. The minimum Gasteiger partial charge on any atom is -0.480 e. The lowest BCUT2D eigenvalue weighted by Crippen LogP contribution is -2.35. The van der Waals surface area contributed by atoms with E-state index < -0.39 is 17.8 Å². The number of carboxylic acids is 1. The number of nitrogens with two attached hydrogens (primary N) is 2. The molecule has 1 saturated heterocycles. The zero-order valence-corrected chi connectivity index (χ0v) is 9.90. The van der Waals surface area contributed by atoms with Gasteiger partial charge in [0.1, 0.15) is 6.04 Å². The van der Waals surface area contributed by atoms with E-state index in [-0.39, 0.29) is 17.9 Å². The molecule has 1 aliphatic rings. The fourth-order valence-corrected chi connectivity index (χ4v) is 2.29. The second kappa shape index (κ2) is 4.81. The number of nitrogens with zero attached hydrogens (tertiary/aromatic N) is 1. The van der Waals surface area contributed by atoms with Crippen LogP contribution in [0.2, 0.25) is 0 Å². The van der Waals surface area contributed by atoms with Gasteiger partial charge in [0, 0.05) is 12.1 Å². The van der Waals surface area contributed by atoms with E-state index in [1.807, 2.05) is 0 Å². The number of anilines is 2. The predicted octanol–water partition coefficient (Wildman–Crippen LogP) is 1.04. The summed E-state index contributed by atoms with van der Waals surface area (Å²) >= 11 is 0. The zero-order chi connectivity index (χ0) is 13.3. The number of rotatable bonds is 3. The number of likely N-dealkylation sites (tertiary alicyclic amines) is 1. The number of benzene rings is 1. The van der Waals surface area contributed by atoms with Crippen LogP contribution >= 0.6 is 0 Å². The Bertz CT molecular complexity index is 479. The van der Waals surface area contributed by atoms with E-state index in [1.54, 1.807) is 17.0 Å². The predicted molar refractivity (Wildman–Crippen MR) is 66.3 cm³/mol. The molecule has 0 spiro atoms. The summed E-state index contributed by atoms with van der Waals surface area (Å²) in [6, 6.07) is 2.56. The Labute approximate surface area is 104 Å². The first kappa shape index (κ1) is 12.6. The molecule has 0 aliphatic carbocycles. The van der Waals surface area contributed by atoms with E-state index in [0.717, 1.165) is 6.42 Å². The Hall–Kier alpha value is -1.82. The maximum atomic E-state index is 13.9. The molecule has 5 N–H and O–H groups in total. The van der Waals surface area contributed by atoms with E-state index in [2.05, 4.69) is 0 Å². The molecule has 1 aromatic rings. The number of carbonyl (C=O) groups is 1. The van der Waals surface area contributed by atoms with Gasteiger partial charge in [0.15, 0.2) is 5.82 Å². The molecule has 0 bridgehead atoms. The van der Waals surface area contributed by atoms with Crippen LogP contribution in [0.1, 0.15) is 18.4 Å². The molecule has 0 unspecified atom stereocenters. The molecule has 0 amide bonds. The molecule has 1 aliphatic heterocycles. The van der Waals surface area contributed by atoms with Crippen molar-refractivity contribution in [3.63, 3.8) is 0 Å². The van der Waals surface area contributed by atoms with Crippen molar-refractivity contribution in [2.45, 2.75) is 25.4 Å². The molecule has 1 atom stereocenters. The summed E-state index contributed by atoms with van der Waals surface area (Å²) in [4.78, 5) is 12.8. The Morgan fingerprint density at radius 1 is 1.50 bits per heavy atom. The zero-order valence-electron chi connectivity index (χ0n) is 9.90. The van der Waals surface area contributed by atoms with E-state index in [1.165, 1.54) is 0 Å². The minimum atomic E-state index is -0.865. The molecule has 98 valence electrons. The Morgan fingerprint density at radius 3 is 2.89 bits per heavy atom. The van der Waals surface area contributed by atoms with Crippen molar-refractivity contribution in [1.82, 2.24) is 4.90 Å². The van der Waals surface area contributed by atoms with Crippen molar-refractivity contribution >= 4 is 17.3 Å². The van der Waals surface area contributed by atoms with Crippen molar-refractivity contribution < 1.29 is 14.3 Å². The lowest BCUT2D eigenvalue weighted by Gasteiger charge is -2.21. The van der Waals surface area contributed by atoms with Crippen LogP contribution in [0.25, 0.3) is 0 Å². The van der Waals surface area contributed by atoms with Gasteiger partial charge in [0.25, 0.3) is 0 Å². The highest BCUT2D eigenvalue weighted by Gasteiger charge is 2.30. The molecule has 2 rings (SSSR count).